The van der Waals surface area contributed by atoms with Crippen LogP contribution in [0.25, 0.3) is 0 Å². The van der Waals surface area contributed by atoms with E-state index in [-0.39, 0.29) is 17.4 Å². The summed E-state index contributed by atoms with van der Waals surface area (Å²) in [5.74, 6) is -0.183. The highest BCUT2D eigenvalue weighted by atomic mass is 32.2. The van der Waals surface area contributed by atoms with Crippen LogP contribution in [0, 0.1) is 5.92 Å². The maximum atomic E-state index is 13.1. The van der Waals surface area contributed by atoms with Gasteiger partial charge in [-0.15, -0.1) is 0 Å². The molecule has 0 fully saturated rings. The van der Waals surface area contributed by atoms with E-state index in [9.17, 15) is 18.0 Å². The monoisotopic (exact) mass is 344 g/mol. The molecule has 0 aliphatic carbocycles. The van der Waals surface area contributed by atoms with E-state index in [0.29, 0.717) is 5.17 Å². The molecule has 0 bridgehead atoms. The van der Waals surface area contributed by atoms with E-state index in [4.69, 9.17) is 0 Å². The van der Waals surface area contributed by atoms with E-state index >= 15 is 0 Å². The van der Waals surface area contributed by atoms with Crippen LogP contribution in [0.5, 0.6) is 0 Å². The third-order valence-corrected chi connectivity index (χ3v) is 5.58. The number of benzene rings is 1. The first-order valence-corrected chi connectivity index (χ1v) is 8.12. The molecular formula is C16H19F3N2OS. The Morgan fingerprint density at radius 1 is 1.22 bits per heavy atom. The van der Waals surface area contributed by atoms with Crippen molar-refractivity contribution in [3.63, 3.8) is 0 Å². The van der Waals surface area contributed by atoms with Gasteiger partial charge in [0.1, 0.15) is 4.75 Å². The molecule has 23 heavy (non-hydrogen) atoms. The molecule has 2 unspecified atom stereocenters. The molecule has 1 aliphatic heterocycles. The molecule has 1 aliphatic rings. The number of carbonyl (C=O) groups is 1. The molecule has 1 aromatic rings. The Balaban J connectivity index is 2.21. The number of amidine groups is 1. The SMILES string of the molecule is CC(NC1=NC(=O)C(C)(C(C)C)S1)c1ccccc1C(F)(F)F. The average molecular weight is 344 g/mol. The molecule has 126 valence electrons. The third kappa shape index (κ3) is 3.54. The molecule has 3 nitrogen and oxygen atoms in total. The molecule has 0 aromatic heterocycles. The molecule has 0 saturated carbocycles. The number of aliphatic imine (C=N–C) groups is 1. The van der Waals surface area contributed by atoms with E-state index < -0.39 is 22.5 Å². The number of nitrogens with one attached hydrogen (secondary N) is 1. The van der Waals surface area contributed by atoms with Crippen molar-refractivity contribution in [1.29, 1.82) is 0 Å². The Morgan fingerprint density at radius 3 is 2.35 bits per heavy atom. The summed E-state index contributed by atoms with van der Waals surface area (Å²) in [6, 6.07) is 4.81. The maximum Gasteiger partial charge on any atom is 0.416 e. The van der Waals surface area contributed by atoms with Crippen molar-refractivity contribution in [2.45, 2.75) is 44.7 Å². The van der Waals surface area contributed by atoms with Gasteiger partial charge in [-0.25, -0.2) is 0 Å². The minimum absolute atomic E-state index is 0.0702. The quantitative estimate of drug-likeness (QED) is 0.884. The number of hydrogen-bond donors (Lipinski definition) is 1. The van der Waals surface area contributed by atoms with E-state index in [0.717, 1.165) is 6.07 Å². The van der Waals surface area contributed by atoms with Crippen molar-refractivity contribution < 1.29 is 18.0 Å². The van der Waals surface area contributed by atoms with E-state index in [1.165, 1.54) is 23.9 Å². The highest BCUT2D eigenvalue weighted by Gasteiger charge is 2.44. The van der Waals surface area contributed by atoms with Crippen LogP contribution < -0.4 is 5.32 Å². The van der Waals surface area contributed by atoms with Crippen LogP contribution in [0.1, 0.15) is 44.9 Å². The van der Waals surface area contributed by atoms with Crippen molar-refractivity contribution in [3.05, 3.63) is 35.4 Å². The van der Waals surface area contributed by atoms with Crippen LogP contribution in [0.15, 0.2) is 29.3 Å². The summed E-state index contributed by atoms with van der Waals surface area (Å²) in [6.07, 6.45) is -4.42. The lowest BCUT2D eigenvalue weighted by Gasteiger charge is -2.25. The number of alkyl halides is 3. The molecule has 7 heteroatoms. The standard InChI is InChI=1S/C16H19F3N2OS/c1-9(2)15(4)13(22)21-14(23-15)20-10(3)11-7-5-6-8-12(11)16(17,18)19/h5-10H,1-4H3,(H,20,21,22). The fourth-order valence-corrected chi connectivity index (χ4v) is 3.43. The molecule has 2 rings (SSSR count). The highest BCUT2D eigenvalue weighted by Crippen LogP contribution is 2.40. The molecular weight excluding hydrogens is 325 g/mol. The fourth-order valence-electron chi connectivity index (χ4n) is 2.29. The lowest BCUT2D eigenvalue weighted by Crippen LogP contribution is -2.34. The summed E-state index contributed by atoms with van der Waals surface area (Å²) in [7, 11) is 0. The summed E-state index contributed by atoms with van der Waals surface area (Å²) in [5, 5.41) is 3.31. The first-order valence-electron chi connectivity index (χ1n) is 7.30. The van der Waals surface area contributed by atoms with Gasteiger partial charge in [0, 0.05) is 0 Å². The molecule has 0 spiro atoms. The lowest BCUT2D eigenvalue weighted by atomic mass is 9.96. The van der Waals surface area contributed by atoms with Gasteiger partial charge in [-0.3, -0.25) is 4.79 Å². The zero-order chi connectivity index (χ0) is 17.4. The number of nitrogens with zero attached hydrogens (tertiary/aromatic N) is 1. The summed E-state index contributed by atoms with van der Waals surface area (Å²) >= 11 is 1.27. The van der Waals surface area contributed by atoms with Gasteiger partial charge >= 0.3 is 6.18 Å². The number of rotatable bonds is 3. The number of halogens is 3. The average Bonchev–Trinajstić information content (AvgIpc) is 2.74. The first kappa shape index (κ1) is 17.8. The Kier molecular flexibility index (Phi) is 4.80. The van der Waals surface area contributed by atoms with Crippen LogP contribution in [0.3, 0.4) is 0 Å². The normalized spacial score (nSPS) is 23.1. The lowest BCUT2D eigenvalue weighted by molar-refractivity contribution is -0.138. The Hall–Kier alpha value is -1.50. The highest BCUT2D eigenvalue weighted by molar-refractivity contribution is 8.16. The summed E-state index contributed by atoms with van der Waals surface area (Å²) in [6.45, 7) is 7.28. The number of amides is 1. The molecule has 1 aromatic carbocycles. The minimum Gasteiger partial charge on any atom is -0.358 e. The van der Waals surface area contributed by atoms with E-state index in [1.807, 2.05) is 13.8 Å². The fraction of sp³-hybridized carbons (Fsp3) is 0.500. The third-order valence-electron chi connectivity index (χ3n) is 4.11. The second-order valence-electron chi connectivity index (χ2n) is 6.04. The molecule has 0 radical (unpaired) electrons. The van der Waals surface area contributed by atoms with Crippen LogP contribution >= 0.6 is 11.8 Å². The molecule has 0 saturated heterocycles. The summed E-state index contributed by atoms with van der Waals surface area (Å²) < 4.78 is 38.6. The van der Waals surface area contributed by atoms with Crippen LogP contribution in [-0.2, 0) is 11.0 Å². The summed E-state index contributed by atoms with van der Waals surface area (Å²) in [5.41, 5.74) is -0.546. The van der Waals surface area contributed by atoms with Gasteiger partial charge in [-0.05, 0) is 31.4 Å². The number of carbonyl (C=O) groups excluding carboxylic acids is 1. The Labute approximate surface area is 137 Å². The Bertz CT molecular complexity index is 642. The summed E-state index contributed by atoms with van der Waals surface area (Å²) in [4.78, 5) is 16.0. The van der Waals surface area contributed by atoms with Crippen molar-refractivity contribution in [2.75, 3.05) is 0 Å². The predicted molar refractivity (Wildman–Crippen MR) is 86.3 cm³/mol. The second-order valence-corrected chi connectivity index (χ2v) is 7.48. The van der Waals surface area contributed by atoms with Gasteiger partial charge in [0.15, 0.2) is 5.17 Å². The largest absolute Gasteiger partial charge is 0.416 e. The van der Waals surface area contributed by atoms with Gasteiger partial charge in [0.25, 0.3) is 5.91 Å². The van der Waals surface area contributed by atoms with Gasteiger partial charge < -0.3 is 5.32 Å². The number of thioether (sulfide) groups is 1. The smallest absolute Gasteiger partial charge is 0.358 e. The Morgan fingerprint density at radius 2 is 1.83 bits per heavy atom. The number of hydrogen-bond acceptors (Lipinski definition) is 3. The molecule has 1 amide bonds. The first-order chi connectivity index (χ1) is 10.6. The van der Waals surface area contributed by atoms with Gasteiger partial charge in [0.2, 0.25) is 0 Å². The zero-order valence-corrected chi connectivity index (χ0v) is 14.2. The van der Waals surface area contributed by atoms with Crippen molar-refractivity contribution in [3.8, 4) is 0 Å². The van der Waals surface area contributed by atoms with Crippen LogP contribution in [0.2, 0.25) is 0 Å². The van der Waals surface area contributed by atoms with E-state index in [2.05, 4.69) is 10.3 Å². The predicted octanol–water partition coefficient (Wildman–Crippen LogP) is 4.40. The van der Waals surface area contributed by atoms with Gasteiger partial charge in [-0.2, -0.15) is 18.2 Å². The molecule has 2 atom stereocenters. The maximum absolute atomic E-state index is 13.1. The molecule has 1 N–H and O–H groups in total. The topological polar surface area (TPSA) is 41.5 Å². The van der Waals surface area contributed by atoms with Gasteiger partial charge in [-0.1, -0.05) is 43.8 Å². The molecule has 1 heterocycles. The van der Waals surface area contributed by atoms with Crippen LogP contribution in [0.4, 0.5) is 13.2 Å². The minimum atomic E-state index is -4.42. The second kappa shape index (κ2) is 6.19. The van der Waals surface area contributed by atoms with E-state index in [1.54, 1.807) is 19.9 Å². The van der Waals surface area contributed by atoms with Crippen LogP contribution in [-0.4, -0.2) is 15.8 Å². The zero-order valence-electron chi connectivity index (χ0n) is 13.4. The van der Waals surface area contributed by atoms with Gasteiger partial charge in [0.05, 0.1) is 11.6 Å². The van der Waals surface area contributed by atoms with Crippen molar-refractivity contribution >= 4 is 22.8 Å². The van der Waals surface area contributed by atoms with Crippen molar-refractivity contribution in [1.82, 2.24) is 5.32 Å². The van der Waals surface area contributed by atoms with Crippen molar-refractivity contribution in [2.24, 2.45) is 10.9 Å².